The van der Waals surface area contributed by atoms with Crippen LogP contribution >= 0.6 is 0 Å². The molecule has 0 saturated carbocycles. The monoisotopic (exact) mass is 316 g/mol. The van der Waals surface area contributed by atoms with Gasteiger partial charge in [0, 0.05) is 13.1 Å². The Kier molecular flexibility index (Phi) is 4.29. The first-order valence-corrected chi connectivity index (χ1v) is 7.65. The molecule has 2 heterocycles. The minimum absolute atomic E-state index is 0.0412. The lowest BCUT2D eigenvalue weighted by molar-refractivity contribution is -0.140. The SMILES string of the molecule is NC1=NC2(CCN(C(=O)COCc3ccccc3)CC2)C(=O)N1. The number of ether oxygens (including phenoxy) is 1. The number of carbonyl (C=O) groups is 2. The van der Waals surface area contributed by atoms with E-state index in [1.165, 1.54) is 0 Å². The van der Waals surface area contributed by atoms with Gasteiger partial charge in [0.05, 0.1) is 6.61 Å². The first kappa shape index (κ1) is 15.5. The molecule has 0 unspecified atom stereocenters. The van der Waals surface area contributed by atoms with Crippen molar-refractivity contribution in [3.05, 3.63) is 35.9 Å². The smallest absolute Gasteiger partial charge is 0.254 e. The fourth-order valence-electron chi connectivity index (χ4n) is 2.93. The molecule has 23 heavy (non-hydrogen) atoms. The van der Waals surface area contributed by atoms with Crippen LogP contribution in [0.4, 0.5) is 0 Å². The number of nitrogens with zero attached hydrogens (tertiary/aromatic N) is 2. The maximum Gasteiger partial charge on any atom is 0.254 e. The van der Waals surface area contributed by atoms with E-state index in [2.05, 4.69) is 10.3 Å². The minimum Gasteiger partial charge on any atom is -0.370 e. The quantitative estimate of drug-likeness (QED) is 0.817. The van der Waals surface area contributed by atoms with E-state index in [-0.39, 0.29) is 24.4 Å². The molecule has 1 saturated heterocycles. The highest BCUT2D eigenvalue weighted by molar-refractivity contribution is 6.06. The highest BCUT2D eigenvalue weighted by Crippen LogP contribution is 2.29. The number of hydrogen-bond acceptors (Lipinski definition) is 5. The maximum atomic E-state index is 12.2. The van der Waals surface area contributed by atoms with E-state index in [1.54, 1.807) is 4.90 Å². The number of nitrogens with one attached hydrogen (secondary N) is 1. The number of piperidine rings is 1. The molecule has 1 aromatic rings. The van der Waals surface area contributed by atoms with Crippen LogP contribution in [-0.2, 0) is 20.9 Å². The lowest BCUT2D eigenvalue weighted by Crippen LogP contribution is -2.51. The summed E-state index contributed by atoms with van der Waals surface area (Å²) in [6, 6.07) is 9.71. The summed E-state index contributed by atoms with van der Waals surface area (Å²) in [7, 11) is 0. The van der Waals surface area contributed by atoms with Gasteiger partial charge in [-0.05, 0) is 18.4 Å². The summed E-state index contributed by atoms with van der Waals surface area (Å²) < 4.78 is 5.47. The topological polar surface area (TPSA) is 97.0 Å². The van der Waals surface area contributed by atoms with Gasteiger partial charge in [0.25, 0.3) is 5.91 Å². The molecular weight excluding hydrogens is 296 g/mol. The Morgan fingerprint density at radius 2 is 2.00 bits per heavy atom. The van der Waals surface area contributed by atoms with Gasteiger partial charge in [0.1, 0.15) is 12.1 Å². The summed E-state index contributed by atoms with van der Waals surface area (Å²) >= 11 is 0. The molecule has 0 radical (unpaired) electrons. The number of rotatable bonds is 4. The molecule has 3 N–H and O–H groups in total. The average Bonchev–Trinajstić information content (AvgIpc) is 2.82. The van der Waals surface area contributed by atoms with Crippen LogP contribution in [0.2, 0.25) is 0 Å². The fourth-order valence-corrected chi connectivity index (χ4v) is 2.93. The second-order valence-corrected chi connectivity index (χ2v) is 5.84. The van der Waals surface area contributed by atoms with E-state index in [4.69, 9.17) is 10.5 Å². The van der Waals surface area contributed by atoms with Crippen LogP contribution < -0.4 is 11.1 Å². The molecular formula is C16H20N4O3. The van der Waals surface area contributed by atoms with Crippen molar-refractivity contribution in [2.75, 3.05) is 19.7 Å². The summed E-state index contributed by atoms with van der Waals surface area (Å²) in [6.45, 7) is 1.42. The van der Waals surface area contributed by atoms with Gasteiger partial charge in [-0.1, -0.05) is 30.3 Å². The molecule has 1 aromatic carbocycles. The zero-order chi connectivity index (χ0) is 16.3. The number of aliphatic imine (C=N–C) groups is 1. The van der Waals surface area contributed by atoms with E-state index in [9.17, 15) is 9.59 Å². The van der Waals surface area contributed by atoms with Crippen LogP contribution in [0.25, 0.3) is 0 Å². The first-order chi connectivity index (χ1) is 11.1. The van der Waals surface area contributed by atoms with Crippen LogP contribution in [0.3, 0.4) is 0 Å². The van der Waals surface area contributed by atoms with Gasteiger partial charge < -0.3 is 15.4 Å². The Morgan fingerprint density at radius 3 is 2.61 bits per heavy atom. The van der Waals surface area contributed by atoms with E-state index in [0.717, 1.165) is 5.56 Å². The fraction of sp³-hybridized carbons (Fsp3) is 0.438. The molecule has 2 aliphatic rings. The molecule has 0 aliphatic carbocycles. The molecule has 0 bridgehead atoms. The number of guanidine groups is 1. The van der Waals surface area contributed by atoms with Crippen LogP contribution in [0.15, 0.2) is 35.3 Å². The molecule has 0 aromatic heterocycles. The third-order valence-corrected chi connectivity index (χ3v) is 4.28. The molecule has 7 heteroatoms. The van der Waals surface area contributed by atoms with Gasteiger partial charge in [-0.15, -0.1) is 0 Å². The third kappa shape index (κ3) is 3.34. The Bertz CT molecular complexity index is 621. The molecule has 3 rings (SSSR count). The van der Waals surface area contributed by atoms with Crippen molar-refractivity contribution in [3.8, 4) is 0 Å². The van der Waals surface area contributed by atoms with Crippen molar-refractivity contribution in [1.29, 1.82) is 0 Å². The molecule has 1 spiro atoms. The molecule has 2 aliphatic heterocycles. The zero-order valence-electron chi connectivity index (χ0n) is 12.8. The van der Waals surface area contributed by atoms with Crippen molar-refractivity contribution in [2.24, 2.45) is 10.7 Å². The van der Waals surface area contributed by atoms with Gasteiger partial charge >= 0.3 is 0 Å². The second-order valence-electron chi connectivity index (χ2n) is 5.84. The zero-order valence-corrected chi connectivity index (χ0v) is 12.8. The summed E-state index contributed by atoms with van der Waals surface area (Å²) in [5, 5.41) is 2.53. The Morgan fingerprint density at radius 1 is 1.30 bits per heavy atom. The summed E-state index contributed by atoms with van der Waals surface area (Å²) in [5.41, 5.74) is 5.81. The lowest BCUT2D eigenvalue weighted by atomic mass is 9.88. The summed E-state index contributed by atoms with van der Waals surface area (Å²) in [5.74, 6) is -0.0606. The number of amides is 2. The number of carbonyl (C=O) groups excluding carboxylic acids is 2. The van der Waals surface area contributed by atoms with E-state index >= 15 is 0 Å². The largest absolute Gasteiger partial charge is 0.370 e. The van der Waals surface area contributed by atoms with E-state index in [0.29, 0.717) is 32.5 Å². The predicted molar refractivity (Wildman–Crippen MR) is 84.4 cm³/mol. The number of nitrogens with two attached hydrogens (primary N) is 1. The van der Waals surface area contributed by atoms with E-state index in [1.807, 2.05) is 30.3 Å². The predicted octanol–water partition coefficient (Wildman–Crippen LogP) is 0.00890. The molecule has 0 atom stereocenters. The highest BCUT2D eigenvalue weighted by atomic mass is 16.5. The normalized spacial score (nSPS) is 19.6. The standard InChI is InChI=1S/C16H20N4O3/c17-15-18-14(22)16(19-15)6-8-20(9-7-16)13(21)11-23-10-12-4-2-1-3-5-12/h1-5H,6-11H2,(H3,17,18,19,22). The number of hydrogen-bond donors (Lipinski definition) is 2. The molecule has 1 fully saturated rings. The molecule has 2 amide bonds. The second kappa shape index (κ2) is 6.37. The van der Waals surface area contributed by atoms with Gasteiger partial charge in [-0.25, -0.2) is 4.99 Å². The Labute approximate surface area is 134 Å². The minimum atomic E-state index is -0.786. The van der Waals surface area contributed by atoms with Gasteiger partial charge in [-0.3, -0.25) is 14.9 Å². The van der Waals surface area contributed by atoms with Gasteiger partial charge in [0.15, 0.2) is 5.96 Å². The van der Waals surface area contributed by atoms with Gasteiger partial charge in [0.2, 0.25) is 5.91 Å². The molecule has 7 nitrogen and oxygen atoms in total. The third-order valence-electron chi connectivity index (χ3n) is 4.28. The first-order valence-electron chi connectivity index (χ1n) is 7.65. The average molecular weight is 316 g/mol. The van der Waals surface area contributed by atoms with Crippen LogP contribution in [0, 0.1) is 0 Å². The Hall–Kier alpha value is -2.41. The van der Waals surface area contributed by atoms with E-state index < -0.39 is 5.54 Å². The highest BCUT2D eigenvalue weighted by Gasteiger charge is 2.45. The van der Waals surface area contributed by atoms with Crippen molar-refractivity contribution in [2.45, 2.75) is 25.0 Å². The maximum absolute atomic E-state index is 12.2. The van der Waals surface area contributed by atoms with Crippen LogP contribution in [-0.4, -0.2) is 47.9 Å². The van der Waals surface area contributed by atoms with Crippen molar-refractivity contribution in [1.82, 2.24) is 10.2 Å². The summed E-state index contributed by atoms with van der Waals surface area (Å²) in [4.78, 5) is 30.0. The van der Waals surface area contributed by atoms with Crippen LogP contribution in [0.5, 0.6) is 0 Å². The van der Waals surface area contributed by atoms with Crippen molar-refractivity contribution in [3.63, 3.8) is 0 Å². The van der Waals surface area contributed by atoms with Crippen molar-refractivity contribution >= 4 is 17.8 Å². The Balaban J connectivity index is 1.46. The molecule has 122 valence electrons. The van der Waals surface area contributed by atoms with Crippen molar-refractivity contribution < 1.29 is 14.3 Å². The van der Waals surface area contributed by atoms with Crippen LogP contribution in [0.1, 0.15) is 18.4 Å². The number of likely N-dealkylation sites (tertiary alicyclic amines) is 1. The summed E-state index contributed by atoms with van der Waals surface area (Å²) in [6.07, 6.45) is 0.980. The lowest BCUT2D eigenvalue weighted by Gasteiger charge is -2.35. The van der Waals surface area contributed by atoms with Gasteiger partial charge in [-0.2, -0.15) is 0 Å². The number of benzene rings is 1.